The molecular formula is C16H23ClN2O. The van der Waals surface area contributed by atoms with Crippen LogP contribution >= 0.6 is 11.6 Å². The highest BCUT2D eigenvalue weighted by Crippen LogP contribution is 2.25. The minimum absolute atomic E-state index is 0.0536. The highest BCUT2D eigenvalue weighted by molar-refractivity contribution is 6.30. The largest absolute Gasteiger partial charge is 0.349 e. The van der Waals surface area contributed by atoms with Crippen LogP contribution in [0, 0.1) is 5.92 Å². The van der Waals surface area contributed by atoms with Crippen molar-refractivity contribution in [2.24, 2.45) is 11.7 Å². The summed E-state index contributed by atoms with van der Waals surface area (Å²) in [5.74, 6) is 0.210. The Balaban J connectivity index is 1.98. The fraction of sp³-hybridized carbons (Fsp3) is 0.562. The lowest BCUT2D eigenvalue weighted by Gasteiger charge is -2.27. The van der Waals surface area contributed by atoms with E-state index in [0.29, 0.717) is 5.02 Å². The second-order valence-electron chi connectivity index (χ2n) is 5.64. The number of carbonyl (C=O) groups is 1. The summed E-state index contributed by atoms with van der Waals surface area (Å²) in [6.07, 6.45) is 4.72. The van der Waals surface area contributed by atoms with Crippen LogP contribution in [0.5, 0.6) is 0 Å². The number of benzene rings is 1. The fourth-order valence-electron chi connectivity index (χ4n) is 2.87. The van der Waals surface area contributed by atoms with Crippen molar-refractivity contribution in [3.8, 4) is 0 Å². The molecule has 0 spiro atoms. The first-order valence-corrected chi connectivity index (χ1v) is 7.79. The van der Waals surface area contributed by atoms with Gasteiger partial charge in [-0.2, -0.15) is 0 Å². The van der Waals surface area contributed by atoms with E-state index < -0.39 is 0 Å². The molecule has 1 aromatic carbocycles. The number of halogens is 1. The molecule has 0 saturated heterocycles. The summed E-state index contributed by atoms with van der Waals surface area (Å²) in [4.78, 5) is 12.4. The van der Waals surface area contributed by atoms with Gasteiger partial charge in [-0.25, -0.2) is 0 Å². The van der Waals surface area contributed by atoms with Gasteiger partial charge in [0.05, 0.1) is 6.04 Å². The average Bonchev–Trinajstić information content (AvgIpc) is 2.45. The first-order valence-electron chi connectivity index (χ1n) is 7.41. The number of hydrogen-bond donors (Lipinski definition) is 2. The Kier molecular flexibility index (Phi) is 5.44. The van der Waals surface area contributed by atoms with Crippen LogP contribution in [0.4, 0.5) is 0 Å². The van der Waals surface area contributed by atoms with Crippen molar-refractivity contribution in [2.75, 3.05) is 0 Å². The topological polar surface area (TPSA) is 55.1 Å². The van der Waals surface area contributed by atoms with Gasteiger partial charge in [0, 0.05) is 17.0 Å². The maximum atomic E-state index is 12.4. The molecule has 1 aliphatic carbocycles. The maximum absolute atomic E-state index is 12.4. The summed E-state index contributed by atoms with van der Waals surface area (Å²) in [7, 11) is 0. The quantitative estimate of drug-likeness (QED) is 0.894. The van der Waals surface area contributed by atoms with E-state index in [0.717, 1.165) is 37.7 Å². The Morgan fingerprint density at radius 1 is 1.40 bits per heavy atom. The first-order chi connectivity index (χ1) is 9.60. The molecule has 1 fully saturated rings. The average molecular weight is 295 g/mol. The van der Waals surface area contributed by atoms with Crippen molar-refractivity contribution in [1.82, 2.24) is 5.32 Å². The molecule has 1 aromatic rings. The van der Waals surface area contributed by atoms with Gasteiger partial charge >= 0.3 is 0 Å². The summed E-state index contributed by atoms with van der Waals surface area (Å²) in [6, 6.07) is 7.91. The summed E-state index contributed by atoms with van der Waals surface area (Å²) >= 11 is 5.90. The monoisotopic (exact) mass is 294 g/mol. The van der Waals surface area contributed by atoms with Gasteiger partial charge in [0.25, 0.3) is 0 Å². The van der Waals surface area contributed by atoms with Crippen LogP contribution in [0.1, 0.15) is 50.6 Å². The molecule has 1 amide bonds. The van der Waals surface area contributed by atoms with E-state index in [4.69, 9.17) is 17.3 Å². The van der Waals surface area contributed by atoms with E-state index in [-0.39, 0.29) is 23.9 Å². The SMILES string of the molecule is CCC(NC(=O)C1CCCC(N)C1)c1ccc(Cl)cc1. The molecule has 0 bridgehead atoms. The molecule has 3 nitrogen and oxygen atoms in total. The van der Waals surface area contributed by atoms with Crippen LogP contribution in [0.25, 0.3) is 0 Å². The van der Waals surface area contributed by atoms with Crippen molar-refractivity contribution < 1.29 is 4.79 Å². The Labute approximate surface area is 125 Å². The second kappa shape index (κ2) is 7.09. The molecule has 3 N–H and O–H groups in total. The van der Waals surface area contributed by atoms with Crippen LogP contribution in [0.3, 0.4) is 0 Å². The Hall–Kier alpha value is -1.06. The second-order valence-corrected chi connectivity index (χ2v) is 6.08. The number of nitrogens with two attached hydrogens (primary N) is 1. The minimum atomic E-state index is 0.0536. The molecular weight excluding hydrogens is 272 g/mol. The predicted molar refractivity (Wildman–Crippen MR) is 82.6 cm³/mol. The first kappa shape index (κ1) is 15.3. The third-order valence-corrected chi connectivity index (χ3v) is 4.33. The van der Waals surface area contributed by atoms with Gasteiger partial charge in [-0.1, -0.05) is 37.1 Å². The zero-order valence-electron chi connectivity index (χ0n) is 11.9. The number of amides is 1. The summed E-state index contributed by atoms with van der Waals surface area (Å²) in [5.41, 5.74) is 7.06. The molecule has 3 unspecified atom stereocenters. The molecule has 0 heterocycles. The lowest BCUT2D eigenvalue weighted by Crippen LogP contribution is -2.39. The van der Waals surface area contributed by atoms with Crippen molar-refractivity contribution >= 4 is 17.5 Å². The van der Waals surface area contributed by atoms with Crippen molar-refractivity contribution in [3.63, 3.8) is 0 Å². The molecule has 3 atom stereocenters. The third kappa shape index (κ3) is 3.97. The zero-order valence-corrected chi connectivity index (χ0v) is 12.7. The smallest absolute Gasteiger partial charge is 0.223 e. The van der Waals surface area contributed by atoms with Crippen LogP contribution in [0.15, 0.2) is 24.3 Å². The molecule has 0 radical (unpaired) electrons. The van der Waals surface area contributed by atoms with Crippen molar-refractivity contribution in [3.05, 3.63) is 34.9 Å². The summed E-state index contributed by atoms with van der Waals surface area (Å²) in [5, 5.41) is 3.87. The standard InChI is InChI=1S/C16H23ClN2O/c1-2-15(11-6-8-13(17)9-7-11)19-16(20)12-4-3-5-14(18)10-12/h6-9,12,14-15H,2-5,10,18H2,1H3,(H,19,20). The lowest BCUT2D eigenvalue weighted by molar-refractivity contribution is -0.126. The van der Waals surface area contributed by atoms with Gasteiger partial charge in [0.2, 0.25) is 5.91 Å². The Bertz CT molecular complexity index is 446. The molecule has 20 heavy (non-hydrogen) atoms. The third-order valence-electron chi connectivity index (χ3n) is 4.08. The highest BCUT2D eigenvalue weighted by atomic mass is 35.5. The maximum Gasteiger partial charge on any atom is 0.223 e. The molecule has 2 rings (SSSR count). The Morgan fingerprint density at radius 3 is 2.70 bits per heavy atom. The van der Waals surface area contributed by atoms with Gasteiger partial charge in [0.15, 0.2) is 0 Å². The van der Waals surface area contributed by atoms with Gasteiger partial charge in [-0.3, -0.25) is 4.79 Å². The van der Waals surface area contributed by atoms with Gasteiger partial charge in [-0.15, -0.1) is 0 Å². The van der Waals surface area contributed by atoms with Crippen molar-refractivity contribution in [2.45, 2.75) is 51.1 Å². The molecule has 110 valence electrons. The number of nitrogens with one attached hydrogen (secondary N) is 1. The van der Waals surface area contributed by atoms with Gasteiger partial charge < -0.3 is 11.1 Å². The Morgan fingerprint density at radius 2 is 2.10 bits per heavy atom. The van der Waals surface area contributed by atoms with E-state index in [2.05, 4.69) is 12.2 Å². The van der Waals surface area contributed by atoms with E-state index in [1.807, 2.05) is 24.3 Å². The number of rotatable bonds is 4. The lowest BCUT2D eigenvalue weighted by atomic mass is 9.85. The molecule has 1 saturated carbocycles. The number of hydrogen-bond acceptors (Lipinski definition) is 2. The molecule has 4 heteroatoms. The minimum Gasteiger partial charge on any atom is -0.349 e. The molecule has 0 aromatic heterocycles. The van der Waals surface area contributed by atoms with E-state index in [1.165, 1.54) is 0 Å². The zero-order chi connectivity index (χ0) is 14.5. The fourth-order valence-corrected chi connectivity index (χ4v) is 3.00. The van der Waals surface area contributed by atoms with E-state index in [1.54, 1.807) is 0 Å². The van der Waals surface area contributed by atoms with E-state index >= 15 is 0 Å². The molecule has 1 aliphatic rings. The van der Waals surface area contributed by atoms with Crippen LogP contribution < -0.4 is 11.1 Å². The summed E-state index contributed by atoms with van der Waals surface area (Å²) in [6.45, 7) is 2.08. The van der Waals surface area contributed by atoms with Crippen LogP contribution in [-0.2, 0) is 4.79 Å². The van der Waals surface area contributed by atoms with E-state index in [9.17, 15) is 4.79 Å². The van der Waals surface area contributed by atoms with Crippen LogP contribution in [-0.4, -0.2) is 11.9 Å². The van der Waals surface area contributed by atoms with Crippen molar-refractivity contribution in [1.29, 1.82) is 0 Å². The normalized spacial score (nSPS) is 24.1. The highest BCUT2D eigenvalue weighted by Gasteiger charge is 2.26. The summed E-state index contributed by atoms with van der Waals surface area (Å²) < 4.78 is 0. The predicted octanol–water partition coefficient (Wildman–Crippen LogP) is 3.42. The van der Waals surface area contributed by atoms with Gasteiger partial charge in [-0.05, 0) is 43.4 Å². The van der Waals surface area contributed by atoms with Gasteiger partial charge in [0.1, 0.15) is 0 Å². The van der Waals surface area contributed by atoms with Crippen LogP contribution in [0.2, 0.25) is 5.02 Å². The number of carbonyl (C=O) groups excluding carboxylic acids is 1. The molecule has 0 aliphatic heterocycles.